The van der Waals surface area contributed by atoms with E-state index in [2.05, 4.69) is 8.95 Å². The van der Waals surface area contributed by atoms with Crippen molar-refractivity contribution < 1.29 is 19.0 Å². The van der Waals surface area contributed by atoms with Gasteiger partial charge in [0, 0.05) is 0 Å². The second kappa shape index (κ2) is 8.28. The molecule has 7 heteroatoms. The molecule has 0 aromatic heterocycles. The summed E-state index contributed by atoms with van der Waals surface area (Å²) in [5.41, 5.74) is 0.837. The molecule has 19 heavy (non-hydrogen) atoms. The number of nitrogens with zero attached hydrogens (tertiary/aromatic N) is 2. The summed E-state index contributed by atoms with van der Waals surface area (Å²) < 4.78 is 5.49. The number of hydrogen-bond acceptors (Lipinski definition) is 5. The molecule has 0 unspecified atom stereocenters. The van der Waals surface area contributed by atoms with Gasteiger partial charge in [0.1, 0.15) is 0 Å². The molecule has 0 fully saturated rings. The average molecular weight is 327 g/mol. The summed E-state index contributed by atoms with van der Waals surface area (Å²) in [6.45, 7) is 0.731. The normalized spacial score (nSPS) is 10.8. The zero-order chi connectivity index (χ0) is 14.3. The van der Waals surface area contributed by atoms with Gasteiger partial charge in [-0.2, -0.15) is 0 Å². The minimum atomic E-state index is -0.952. The van der Waals surface area contributed by atoms with E-state index in [-0.39, 0.29) is 5.91 Å². The Morgan fingerprint density at radius 1 is 1.26 bits per heavy atom. The van der Waals surface area contributed by atoms with Crippen LogP contribution in [0.15, 0.2) is 24.3 Å². The van der Waals surface area contributed by atoms with Crippen molar-refractivity contribution in [3.63, 3.8) is 0 Å². The van der Waals surface area contributed by atoms with E-state index in [0.29, 0.717) is 6.42 Å². The van der Waals surface area contributed by atoms with Crippen LogP contribution in [0.25, 0.3) is 0 Å². The third kappa shape index (κ3) is 5.71. The van der Waals surface area contributed by atoms with Gasteiger partial charge in [-0.05, 0) is 0 Å². The van der Waals surface area contributed by atoms with Gasteiger partial charge >= 0.3 is 119 Å². The molecule has 0 heterocycles. The predicted molar refractivity (Wildman–Crippen MR) is 73.2 cm³/mol. The Labute approximate surface area is 119 Å². The summed E-state index contributed by atoms with van der Waals surface area (Å²) in [4.78, 5) is 15.5. The van der Waals surface area contributed by atoms with E-state index < -0.39 is 15.8 Å². The Bertz CT molecular complexity index is 397. The van der Waals surface area contributed by atoms with Crippen molar-refractivity contribution in [1.82, 2.24) is 4.90 Å². The molecule has 1 rings (SSSR count). The number of anilines is 1. The van der Waals surface area contributed by atoms with E-state index in [1.807, 2.05) is 43.3 Å². The van der Waals surface area contributed by atoms with Gasteiger partial charge in [-0.15, -0.1) is 0 Å². The predicted octanol–water partition coefficient (Wildman–Crippen LogP) is 0.267. The Morgan fingerprint density at radius 3 is 2.42 bits per heavy atom. The number of benzene rings is 1. The molecule has 1 aromatic carbocycles. The van der Waals surface area contributed by atoms with E-state index in [9.17, 15) is 4.79 Å². The first-order valence-corrected chi connectivity index (χ1v) is 7.69. The summed E-state index contributed by atoms with van der Waals surface area (Å²) in [7, 11) is 5.64. The maximum atomic E-state index is 11.9. The standard InChI is InChI=1S/C12H18GeN2O4/c1-14(2)9-8-12(16)15(3)11-6-4-10(5-7-11)13-18-19-17/h4-7,17H,8-9H2,1-3H3. The van der Waals surface area contributed by atoms with Crippen LogP contribution in [-0.4, -0.2) is 59.5 Å². The summed E-state index contributed by atoms with van der Waals surface area (Å²) in [6.07, 6.45) is 0.487. The van der Waals surface area contributed by atoms with Crippen LogP contribution in [-0.2, 0) is 13.7 Å². The summed E-state index contributed by atoms with van der Waals surface area (Å²) in [6, 6.07) is 7.44. The number of hydrogen-bond donors (Lipinski definition) is 1. The zero-order valence-electron chi connectivity index (χ0n) is 11.3. The Morgan fingerprint density at radius 2 is 1.89 bits per heavy atom. The van der Waals surface area contributed by atoms with Crippen LogP contribution in [0.1, 0.15) is 6.42 Å². The van der Waals surface area contributed by atoms with Crippen molar-refractivity contribution >= 4 is 31.8 Å². The van der Waals surface area contributed by atoms with Crippen LogP contribution in [0.2, 0.25) is 0 Å². The molecule has 0 aliphatic heterocycles. The van der Waals surface area contributed by atoms with Crippen molar-refractivity contribution in [1.29, 1.82) is 0 Å². The average Bonchev–Trinajstić information content (AvgIpc) is 2.42. The van der Waals surface area contributed by atoms with E-state index in [1.165, 1.54) is 0 Å². The van der Waals surface area contributed by atoms with Crippen LogP contribution in [0.5, 0.6) is 0 Å². The zero-order valence-corrected chi connectivity index (χ0v) is 13.4. The first-order valence-electron chi connectivity index (χ1n) is 5.79. The molecule has 104 valence electrons. The number of amides is 1. The van der Waals surface area contributed by atoms with Crippen LogP contribution in [0, 0.1) is 0 Å². The van der Waals surface area contributed by atoms with Crippen molar-refractivity contribution in [2.45, 2.75) is 6.42 Å². The fourth-order valence-electron chi connectivity index (χ4n) is 1.45. The summed E-state index contributed by atoms with van der Waals surface area (Å²) in [5, 5.41) is 11.7. The van der Waals surface area contributed by atoms with Gasteiger partial charge in [0.2, 0.25) is 0 Å². The molecular weight excluding hydrogens is 309 g/mol. The number of carbonyl (C=O) groups is 1. The van der Waals surface area contributed by atoms with Gasteiger partial charge in [-0.1, -0.05) is 0 Å². The fraction of sp³-hybridized carbons (Fsp3) is 0.417. The Balaban J connectivity index is 2.56. The van der Waals surface area contributed by atoms with Crippen molar-refractivity contribution in [3.05, 3.63) is 24.3 Å². The van der Waals surface area contributed by atoms with Gasteiger partial charge in [0.05, 0.1) is 0 Å². The van der Waals surface area contributed by atoms with E-state index in [0.717, 1.165) is 16.6 Å². The second-order valence-corrected chi connectivity index (χ2v) is 6.30. The maximum absolute atomic E-state index is 11.9. The van der Waals surface area contributed by atoms with Gasteiger partial charge in [-0.3, -0.25) is 0 Å². The van der Waals surface area contributed by atoms with Gasteiger partial charge in [-0.25, -0.2) is 0 Å². The van der Waals surface area contributed by atoms with Crippen molar-refractivity contribution in [2.75, 3.05) is 32.6 Å². The topological polar surface area (TPSA) is 62.2 Å². The quantitative estimate of drug-likeness (QED) is 0.442. The molecule has 1 N–H and O–H groups in total. The molecule has 2 radical (unpaired) electrons. The van der Waals surface area contributed by atoms with Gasteiger partial charge in [0.25, 0.3) is 0 Å². The summed E-state index contributed by atoms with van der Waals surface area (Å²) >= 11 is -0.952. The number of rotatable bonds is 7. The van der Waals surface area contributed by atoms with Crippen molar-refractivity contribution in [3.8, 4) is 0 Å². The SMILES string of the molecule is CN(C)CCC(=O)N(C)c1cc[c]([Ge][O]OO)cc1. The molecule has 0 spiro atoms. The van der Waals surface area contributed by atoms with Crippen molar-refractivity contribution in [2.24, 2.45) is 0 Å². The minimum absolute atomic E-state index is 0.0763. The molecule has 0 atom stereocenters. The Kier molecular flexibility index (Phi) is 7.03. The van der Waals surface area contributed by atoms with E-state index in [1.54, 1.807) is 11.9 Å². The molecule has 0 aliphatic rings. The molecular formula is C12H18GeN2O4. The monoisotopic (exact) mass is 328 g/mol. The fourth-order valence-corrected chi connectivity index (χ4v) is 2.37. The number of carbonyl (C=O) groups excluding carboxylic acids is 1. The van der Waals surface area contributed by atoms with Gasteiger partial charge < -0.3 is 0 Å². The van der Waals surface area contributed by atoms with E-state index >= 15 is 0 Å². The molecule has 1 amide bonds. The van der Waals surface area contributed by atoms with Crippen LogP contribution in [0.4, 0.5) is 5.69 Å². The van der Waals surface area contributed by atoms with Gasteiger partial charge in [0.15, 0.2) is 0 Å². The first-order chi connectivity index (χ1) is 9.04. The summed E-state index contributed by atoms with van der Waals surface area (Å²) in [5.74, 6) is 0.0763. The molecule has 0 saturated heterocycles. The third-order valence-corrected chi connectivity index (χ3v) is 4.12. The van der Waals surface area contributed by atoms with Crippen LogP contribution >= 0.6 is 0 Å². The van der Waals surface area contributed by atoms with Crippen LogP contribution in [0.3, 0.4) is 0 Å². The second-order valence-electron chi connectivity index (χ2n) is 4.31. The molecule has 1 aromatic rings. The molecule has 0 bridgehead atoms. The third-order valence-electron chi connectivity index (χ3n) is 2.60. The first kappa shape index (κ1) is 16.1. The van der Waals surface area contributed by atoms with Crippen LogP contribution < -0.4 is 9.30 Å². The van der Waals surface area contributed by atoms with E-state index in [4.69, 9.17) is 5.26 Å². The molecule has 0 saturated carbocycles. The Hall–Kier alpha value is -0.927. The molecule has 6 nitrogen and oxygen atoms in total. The molecule has 0 aliphatic carbocycles.